The normalized spacial score (nSPS) is 12.9. The third-order valence-electron chi connectivity index (χ3n) is 2.55. The lowest BCUT2D eigenvalue weighted by molar-refractivity contribution is 0.447. The van der Waals surface area contributed by atoms with Crippen LogP contribution >= 0.6 is 0 Å². The second kappa shape index (κ2) is 4.40. The molecule has 0 bridgehead atoms. The van der Waals surface area contributed by atoms with Crippen LogP contribution in [-0.2, 0) is 6.42 Å². The van der Waals surface area contributed by atoms with Gasteiger partial charge in [-0.2, -0.15) is 0 Å². The molecule has 1 unspecified atom stereocenters. The van der Waals surface area contributed by atoms with E-state index in [4.69, 9.17) is 0 Å². The van der Waals surface area contributed by atoms with Crippen LogP contribution in [0.5, 0.6) is 0 Å². The molecule has 0 nitrogen and oxygen atoms in total. The Kier molecular flexibility index (Phi) is 3.47. The first kappa shape index (κ1) is 10.2. The number of alkyl halides is 1. The molecule has 0 saturated heterocycles. The van der Waals surface area contributed by atoms with E-state index in [1.165, 1.54) is 11.1 Å². The Bertz CT molecular complexity index is 278. The first-order valence-corrected chi connectivity index (χ1v) is 4.84. The zero-order valence-corrected chi connectivity index (χ0v) is 8.60. The van der Waals surface area contributed by atoms with E-state index in [1.807, 2.05) is 13.0 Å². The van der Waals surface area contributed by atoms with Gasteiger partial charge in [-0.05, 0) is 30.0 Å². The second-order valence-electron chi connectivity index (χ2n) is 3.59. The predicted octanol–water partition coefficient (Wildman–Crippen LogP) is 3.63. The molecule has 0 amide bonds. The molecule has 0 saturated carbocycles. The number of hydrogen-bond acceptors (Lipinski definition) is 0. The molecule has 1 aromatic carbocycles. The van der Waals surface area contributed by atoms with Crippen LogP contribution in [0.2, 0.25) is 0 Å². The zero-order valence-electron chi connectivity index (χ0n) is 8.60. The predicted molar refractivity (Wildman–Crippen MR) is 54.9 cm³/mol. The first-order chi connectivity index (χ1) is 6.19. The average Bonchev–Trinajstić information content (AvgIpc) is 2.17. The van der Waals surface area contributed by atoms with Crippen LogP contribution in [0.1, 0.15) is 36.5 Å². The van der Waals surface area contributed by atoms with Crippen molar-refractivity contribution < 1.29 is 4.39 Å². The topological polar surface area (TPSA) is 0 Å². The minimum atomic E-state index is -0.272. The van der Waals surface area contributed by atoms with E-state index < -0.39 is 0 Å². The maximum atomic E-state index is 12.4. The number of benzene rings is 1. The van der Waals surface area contributed by atoms with Crippen LogP contribution in [0.3, 0.4) is 0 Å². The highest BCUT2D eigenvalue weighted by atomic mass is 19.1. The van der Waals surface area contributed by atoms with Gasteiger partial charge in [0.25, 0.3) is 0 Å². The van der Waals surface area contributed by atoms with E-state index in [-0.39, 0.29) is 12.6 Å². The van der Waals surface area contributed by atoms with Crippen molar-refractivity contribution in [1.29, 1.82) is 0 Å². The fourth-order valence-corrected chi connectivity index (χ4v) is 1.47. The largest absolute Gasteiger partial charge is 0.250 e. The molecule has 0 aliphatic heterocycles. The molecular formula is C12H17F. The second-order valence-corrected chi connectivity index (χ2v) is 3.59. The van der Waals surface area contributed by atoms with Gasteiger partial charge in [-0.25, -0.2) is 0 Å². The van der Waals surface area contributed by atoms with Crippen LogP contribution in [0.15, 0.2) is 18.2 Å². The van der Waals surface area contributed by atoms with Crippen molar-refractivity contribution in [2.24, 2.45) is 0 Å². The Hall–Kier alpha value is -0.850. The van der Waals surface area contributed by atoms with Gasteiger partial charge in [0.05, 0.1) is 6.67 Å². The van der Waals surface area contributed by atoms with Gasteiger partial charge in [0.2, 0.25) is 0 Å². The maximum absolute atomic E-state index is 12.4. The van der Waals surface area contributed by atoms with Gasteiger partial charge in [-0.3, -0.25) is 4.39 Å². The van der Waals surface area contributed by atoms with Gasteiger partial charge in [0.15, 0.2) is 0 Å². The average molecular weight is 180 g/mol. The fourth-order valence-electron chi connectivity index (χ4n) is 1.47. The number of aryl methyl sites for hydroxylation is 2. The molecular weight excluding hydrogens is 163 g/mol. The van der Waals surface area contributed by atoms with Crippen molar-refractivity contribution >= 4 is 0 Å². The molecule has 1 heteroatoms. The lowest BCUT2D eigenvalue weighted by atomic mass is 9.96. The summed E-state index contributed by atoms with van der Waals surface area (Å²) in [4.78, 5) is 0. The van der Waals surface area contributed by atoms with Gasteiger partial charge < -0.3 is 0 Å². The van der Waals surface area contributed by atoms with Crippen LogP contribution < -0.4 is 0 Å². The Balaban J connectivity index is 2.99. The highest BCUT2D eigenvalue weighted by Gasteiger charge is 2.05. The van der Waals surface area contributed by atoms with Crippen LogP contribution in [0.4, 0.5) is 4.39 Å². The molecule has 0 N–H and O–H groups in total. The van der Waals surface area contributed by atoms with Crippen LogP contribution in [-0.4, -0.2) is 6.67 Å². The van der Waals surface area contributed by atoms with Crippen molar-refractivity contribution in [1.82, 2.24) is 0 Å². The Labute approximate surface area is 79.8 Å². The summed E-state index contributed by atoms with van der Waals surface area (Å²) in [5, 5.41) is 0. The van der Waals surface area contributed by atoms with Gasteiger partial charge in [0, 0.05) is 5.92 Å². The summed E-state index contributed by atoms with van der Waals surface area (Å²) < 4.78 is 12.4. The standard InChI is InChI=1S/C12H17F/c1-4-11-7-12(10(3)8-13)6-5-9(11)2/h5-7,10H,4,8H2,1-3H3. The molecule has 0 spiro atoms. The minimum Gasteiger partial charge on any atom is -0.250 e. The van der Waals surface area contributed by atoms with Crippen molar-refractivity contribution in [3.05, 3.63) is 34.9 Å². The number of rotatable bonds is 3. The van der Waals surface area contributed by atoms with E-state index in [9.17, 15) is 4.39 Å². The van der Waals surface area contributed by atoms with E-state index in [0.717, 1.165) is 12.0 Å². The summed E-state index contributed by atoms with van der Waals surface area (Å²) in [7, 11) is 0. The maximum Gasteiger partial charge on any atom is 0.0960 e. The molecule has 0 fully saturated rings. The summed E-state index contributed by atoms with van der Waals surface area (Å²) in [6.07, 6.45) is 1.03. The highest BCUT2D eigenvalue weighted by Crippen LogP contribution is 2.19. The Morgan fingerprint density at radius 2 is 2.08 bits per heavy atom. The molecule has 0 heterocycles. The minimum absolute atomic E-state index is 0.0332. The van der Waals surface area contributed by atoms with E-state index >= 15 is 0 Å². The molecule has 1 aromatic rings. The first-order valence-electron chi connectivity index (χ1n) is 4.84. The van der Waals surface area contributed by atoms with Crippen molar-refractivity contribution in [2.45, 2.75) is 33.1 Å². The Morgan fingerprint density at radius 3 is 2.62 bits per heavy atom. The summed E-state index contributed by atoms with van der Waals surface area (Å²) >= 11 is 0. The zero-order chi connectivity index (χ0) is 9.84. The third kappa shape index (κ3) is 2.30. The van der Waals surface area contributed by atoms with Gasteiger partial charge in [0.1, 0.15) is 0 Å². The SMILES string of the molecule is CCc1cc(C(C)CF)ccc1C. The molecule has 0 aromatic heterocycles. The van der Waals surface area contributed by atoms with E-state index in [0.29, 0.717) is 0 Å². The Morgan fingerprint density at radius 1 is 1.38 bits per heavy atom. The molecule has 72 valence electrons. The molecule has 13 heavy (non-hydrogen) atoms. The fraction of sp³-hybridized carbons (Fsp3) is 0.500. The molecule has 0 aliphatic carbocycles. The summed E-state index contributed by atoms with van der Waals surface area (Å²) in [6.45, 7) is 5.88. The summed E-state index contributed by atoms with van der Waals surface area (Å²) in [6, 6.07) is 6.23. The van der Waals surface area contributed by atoms with E-state index in [1.54, 1.807) is 0 Å². The van der Waals surface area contributed by atoms with Crippen molar-refractivity contribution in [2.75, 3.05) is 6.67 Å². The van der Waals surface area contributed by atoms with Crippen LogP contribution in [0.25, 0.3) is 0 Å². The smallest absolute Gasteiger partial charge is 0.0960 e. The van der Waals surface area contributed by atoms with Crippen molar-refractivity contribution in [3.63, 3.8) is 0 Å². The highest BCUT2D eigenvalue weighted by molar-refractivity contribution is 5.32. The van der Waals surface area contributed by atoms with Gasteiger partial charge in [-0.1, -0.05) is 32.0 Å². The van der Waals surface area contributed by atoms with Crippen LogP contribution in [0, 0.1) is 6.92 Å². The third-order valence-corrected chi connectivity index (χ3v) is 2.55. The monoisotopic (exact) mass is 180 g/mol. The molecule has 1 rings (SSSR count). The molecule has 0 radical (unpaired) electrons. The summed E-state index contributed by atoms with van der Waals surface area (Å²) in [5.74, 6) is 0.0332. The van der Waals surface area contributed by atoms with E-state index in [2.05, 4.69) is 26.0 Å². The quantitative estimate of drug-likeness (QED) is 0.666. The van der Waals surface area contributed by atoms with Gasteiger partial charge in [-0.15, -0.1) is 0 Å². The lowest BCUT2D eigenvalue weighted by Gasteiger charge is -2.10. The number of hydrogen-bond donors (Lipinski definition) is 0. The molecule has 0 aliphatic rings. The van der Waals surface area contributed by atoms with Gasteiger partial charge >= 0.3 is 0 Å². The lowest BCUT2D eigenvalue weighted by Crippen LogP contribution is -1.97. The number of halogens is 1. The van der Waals surface area contributed by atoms with Crippen molar-refractivity contribution in [3.8, 4) is 0 Å². The molecule has 1 atom stereocenters. The summed E-state index contributed by atoms with van der Waals surface area (Å²) in [5.41, 5.74) is 3.75.